The minimum atomic E-state index is -0.800. The smallest absolute Gasteiger partial charge is 0.325 e. The average molecular weight is 219 g/mol. The van der Waals surface area contributed by atoms with Gasteiger partial charge in [-0.2, -0.15) is 0 Å². The second kappa shape index (κ2) is 4.66. The molecular weight excluding hydrogens is 202 g/mol. The number of rotatable bonds is 5. The molecule has 0 bridgehead atoms. The van der Waals surface area contributed by atoms with E-state index in [1.54, 1.807) is 0 Å². The molecule has 1 aromatic carbocycles. The molecule has 0 saturated heterocycles. The molecule has 1 aromatic rings. The Morgan fingerprint density at radius 3 is 2.88 bits per heavy atom. The largest absolute Gasteiger partial charge is 0.480 e. The minimum absolute atomic E-state index is 0.569. The van der Waals surface area contributed by atoms with Crippen LogP contribution in [0, 0.1) is 12.8 Å². The molecule has 86 valence electrons. The molecule has 2 N–H and O–H groups in total. The van der Waals surface area contributed by atoms with Crippen molar-refractivity contribution in [1.82, 2.24) is 5.32 Å². The standard InChI is InChI=1S/C13H17NO2/c1-9-3-2-4-11(7-9)12(13(15)16)14-8-10-5-6-10/h2-4,7,10,12,14H,5-6,8H2,1H3,(H,15,16). The van der Waals surface area contributed by atoms with E-state index in [2.05, 4.69) is 5.32 Å². The third kappa shape index (κ3) is 2.83. The summed E-state index contributed by atoms with van der Waals surface area (Å²) in [6, 6.07) is 7.10. The quantitative estimate of drug-likeness (QED) is 0.797. The van der Waals surface area contributed by atoms with Crippen LogP contribution in [0.4, 0.5) is 0 Å². The first-order valence-corrected chi connectivity index (χ1v) is 5.69. The highest BCUT2D eigenvalue weighted by atomic mass is 16.4. The van der Waals surface area contributed by atoms with Gasteiger partial charge >= 0.3 is 5.97 Å². The van der Waals surface area contributed by atoms with Crippen molar-refractivity contribution in [2.24, 2.45) is 5.92 Å². The summed E-state index contributed by atoms with van der Waals surface area (Å²) in [5, 5.41) is 12.3. The second-order valence-corrected chi connectivity index (χ2v) is 4.54. The third-order valence-electron chi connectivity index (χ3n) is 2.93. The van der Waals surface area contributed by atoms with E-state index in [-0.39, 0.29) is 0 Å². The molecule has 3 heteroatoms. The molecule has 16 heavy (non-hydrogen) atoms. The van der Waals surface area contributed by atoms with Gasteiger partial charge in [-0.25, -0.2) is 0 Å². The Kier molecular flexibility index (Phi) is 3.25. The molecule has 0 aromatic heterocycles. The molecule has 3 nitrogen and oxygen atoms in total. The van der Waals surface area contributed by atoms with Gasteiger partial charge in [0.1, 0.15) is 6.04 Å². The van der Waals surface area contributed by atoms with E-state index in [4.69, 9.17) is 0 Å². The van der Waals surface area contributed by atoms with Crippen molar-refractivity contribution in [1.29, 1.82) is 0 Å². The molecule has 1 aliphatic rings. The summed E-state index contributed by atoms with van der Waals surface area (Å²) < 4.78 is 0. The van der Waals surface area contributed by atoms with Crippen molar-refractivity contribution in [3.63, 3.8) is 0 Å². The predicted octanol–water partition coefficient (Wildman–Crippen LogP) is 2.12. The van der Waals surface area contributed by atoms with Crippen LogP contribution in [0.15, 0.2) is 24.3 Å². The maximum atomic E-state index is 11.2. The Morgan fingerprint density at radius 2 is 2.31 bits per heavy atom. The lowest BCUT2D eigenvalue weighted by Gasteiger charge is -2.15. The van der Waals surface area contributed by atoms with Crippen molar-refractivity contribution in [3.8, 4) is 0 Å². The van der Waals surface area contributed by atoms with Gasteiger partial charge in [0.15, 0.2) is 0 Å². The number of hydrogen-bond acceptors (Lipinski definition) is 2. The number of aliphatic carboxylic acids is 1. The predicted molar refractivity (Wildman–Crippen MR) is 62.3 cm³/mol. The molecule has 1 atom stereocenters. The van der Waals surface area contributed by atoms with Gasteiger partial charge in [0.25, 0.3) is 0 Å². The Labute approximate surface area is 95.5 Å². The fourth-order valence-electron chi connectivity index (χ4n) is 1.80. The first-order valence-electron chi connectivity index (χ1n) is 5.69. The van der Waals surface area contributed by atoms with Crippen LogP contribution in [0.1, 0.15) is 30.0 Å². The Balaban J connectivity index is 2.07. The summed E-state index contributed by atoms with van der Waals surface area (Å²) in [5.41, 5.74) is 1.94. The number of carboxylic acid groups (broad SMARTS) is 1. The summed E-state index contributed by atoms with van der Waals surface area (Å²) in [7, 11) is 0. The highest BCUT2D eigenvalue weighted by Gasteiger charge is 2.25. The Morgan fingerprint density at radius 1 is 1.56 bits per heavy atom. The van der Waals surface area contributed by atoms with E-state index >= 15 is 0 Å². The zero-order valence-electron chi connectivity index (χ0n) is 9.44. The summed E-state index contributed by atoms with van der Waals surface area (Å²) >= 11 is 0. The van der Waals surface area contributed by atoms with Crippen molar-refractivity contribution in [3.05, 3.63) is 35.4 Å². The van der Waals surface area contributed by atoms with Crippen LogP contribution in [0.3, 0.4) is 0 Å². The van der Waals surface area contributed by atoms with Crippen LogP contribution in [-0.2, 0) is 4.79 Å². The molecule has 0 aliphatic heterocycles. The Bertz CT molecular complexity index is 385. The molecule has 1 saturated carbocycles. The Hall–Kier alpha value is -1.35. The maximum absolute atomic E-state index is 11.2. The molecule has 1 fully saturated rings. The summed E-state index contributed by atoms with van der Waals surface area (Å²) in [6.45, 7) is 2.79. The van der Waals surface area contributed by atoms with Crippen LogP contribution in [0.25, 0.3) is 0 Å². The van der Waals surface area contributed by atoms with Gasteiger partial charge in [0, 0.05) is 0 Å². The summed E-state index contributed by atoms with van der Waals surface area (Å²) in [4.78, 5) is 11.2. The molecule has 0 radical (unpaired) electrons. The maximum Gasteiger partial charge on any atom is 0.325 e. The molecule has 1 aliphatic carbocycles. The van der Waals surface area contributed by atoms with E-state index in [0.717, 1.165) is 17.7 Å². The first-order chi connectivity index (χ1) is 7.66. The fourth-order valence-corrected chi connectivity index (χ4v) is 1.80. The lowest BCUT2D eigenvalue weighted by atomic mass is 10.0. The van der Waals surface area contributed by atoms with Crippen molar-refractivity contribution >= 4 is 5.97 Å². The van der Waals surface area contributed by atoms with Crippen LogP contribution in [0.2, 0.25) is 0 Å². The highest BCUT2D eigenvalue weighted by molar-refractivity contribution is 5.75. The third-order valence-corrected chi connectivity index (χ3v) is 2.93. The van der Waals surface area contributed by atoms with E-state index in [9.17, 15) is 9.90 Å². The topological polar surface area (TPSA) is 49.3 Å². The van der Waals surface area contributed by atoms with Gasteiger partial charge in [-0.05, 0) is 37.8 Å². The van der Waals surface area contributed by atoms with Gasteiger partial charge in [-0.1, -0.05) is 29.8 Å². The summed E-state index contributed by atoms with van der Waals surface area (Å²) in [6.07, 6.45) is 2.46. The van der Waals surface area contributed by atoms with E-state index in [1.807, 2.05) is 31.2 Å². The van der Waals surface area contributed by atoms with Gasteiger partial charge in [-0.15, -0.1) is 0 Å². The molecule has 2 rings (SSSR count). The number of carbonyl (C=O) groups is 1. The van der Waals surface area contributed by atoms with Gasteiger partial charge in [0.05, 0.1) is 0 Å². The second-order valence-electron chi connectivity index (χ2n) is 4.54. The fraction of sp³-hybridized carbons (Fsp3) is 0.462. The molecular formula is C13H17NO2. The first kappa shape index (κ1) is 11.1. The van der Waals surface area contributed by atoms with E-state index < -0.39 is 12.0 Å². The number of nitrogens with one attached hydrogen (secondary N) is 1. The van der Waals surface area contributed by atoms with Gasteiger partial charge in [0.2, 0.25) is 0 Å². The SMILES string of the molecule is Cc1cccc(C(NCC2CC2)C(=O)O)c1. The highest BCUT2D eigenvalue weighted by Crippen LogP contribution is 2.28. The van der Waals surface area contributed by atoms with Crippen LogP contribution < -0.4 is 5.32 Å². The van der Waals surface area contributed by atoms with Gasteiger partial charge in [-0.3, -0.25) is 4.79 Å². The number of benzene rings is 1. The van der Waals surface area contributed by atoms with E-state index in [1.165, 1.54) is 12.8 Å². The monoisotopic (exact) mass is 219 g/mol. The van der Waals surface area contributed by atoms with Crippen LogP contribution in [0.5, 0.6) is 0 Å². The number of carboxylic acids is 1. The van der Waals surface area contributed by atoms with Gasteiger partial charge < -0.3 is 10.4 Å². The zero-order valence-corrected chi connectivity index (χ0v) is 9.44. The molecule has 0 amide bonds. The molecule has 0 heterocycles. The average Bonchev–Trinajstić information content (AvgIpc) is 3.01. The number of aryl methyl sites for hydroxylation is 1. The van der Waals surface area contributed by atoms with Crippen molar-refractivity contribution < 1.29 is 9.90 Å². The van der Waals surface area contributed by atoms with E-state index in [0.29, 0.717) is 5.92 Å². The van der Waals surface area contributed by atoms with Crippen LogP contribution in [-0.4, -0.2) is 17.6 Å². The molecule has 0 spiro atoms. The number of hydrogen-bond donors (Lipinski definition) is 2. The van der Waals surface area contributed by atoms with Crippen molar-refractivity contribution in [2.75, 3.05) is 6.54 Å². The van der Waals surface area contributed by atoms with Crippen LogP contribution >= 0.6 is 0 Å². The molecule has 1 unspecified atom stereocenters. The lowest BCUT2D eigenvalue weighted by Crippen LogP contribution is -2.30. The summed E-state index contributed by atoms with van der Waals surface area (Å²) in [5.74, 6) is -0.113. The zero-order chi connectivity index (χ0) is 11.5. The normalized spacial score (nSPS) is 17.1. The lowest BCUT2D eigenvalue weighted by molar-refractivity contribution is -0.139. The van der Waals surface area contributed by atoms with Crippen molar-refractivity contribution in [2.45, 2.75) is 25.8 Å². The minimum Gasteiger partial charge on any atom is -0.480 e.